The van der Waals surface area contributed by atoms with Crippen molar-refractivity contribution >= 4 is 27.2 Å². The van der Waals surface area contributed by atoms with Crippen LogP contribution in [0.15, 0.2) is 29.2 Å². The van der Waals surface area contributed by atoms with Gasteiger partial charge in [0, 0.05) is 11.6 Å². The van der Waals surface area contributed by atoms with Crippen molar-refractivity contribution in [3.8, 4) is 0 Å². The number of hydrogen-bond acceptors (Lipinski definition) is 3. The van der Waals surface area contributed by atoms with Crippen molar-refractivity contribution in [2.45, 2.75) is 49.5 Å². The molecule has 1 aliphatic rings. The van der Waals surface area contributed by atoms with Gasteiger partial charge in [0.25, 0.3) is 0 Å². The molecule has 1 aliphatic carbocycles. The Morgan fingerprint density at radius 2 is 1.75 bits per heavy atom. The lowest BCUT2D eigenvalue weighted by Gasteiger charge is -2.17. The highest BCUT2D eigenvalue weighted by molar-refractivity contribution is 7.89. The minimum Gasteiger partial charge on any atom is -0.389 e. The second-order valence-corrected chi connectivity index (χ2v) is 7.29. The van der Waals surface area contributed by atoms with Crippen molar-refractivity contribution < 1.29 is 8.42 Å². The Morgan fingerprint density at radius 1 is 1.15 bits per heavy atom. The van der Waals surface area contributed by atoms with Gasteiger partial charge in [-0.1, -0.05) is 56.1 Å². The first-order valence-electron chi connectivity index (χ1n) is 6.92. The van der Waals surface area contributed by atoms with Crippen molar-refractivity contribution in [2.24, 2.45) is 5.73 Å². The number of nitrogens with one attached hydrogen (secondary N) is 1. The molecule has 2 rings (SSSR count). The van der Waals surface area contributed by atoms with E-state index in [4.69, 9.17) is 18.0 Å². The molecule has 0 amide bonds. The van der Waals surface area contributed by atoms with Gasteiger partial charge in [-0.3, -0.25) is 0 Å². The summed E-state index contributed by atoms with van der Waals surface area (Å²) >= 11 is 4.93. The van der Waals surface area contributed by atoms with Crippen LogP contribution in [0.25, 0.3) is 0 Å². The maximum Gasteiger partial charge on any atom is 0.241 e. The Morgan fingerprint density at radius 3 is 2.35 bits per heavy atom. The molecule has 4 nitrogen and oxygen atoms in total. The van der Waals surface area contributed by atoms with E-state index in [1.165, 1.54) is 12.8 Å². The molecule has 1 fully saturated rings. The zero-order valence-corrected chi connectivity index (χ0v) is 13.0. The van der Waals surface area contributed by atoms with Crippen molar-refractivity contribution in [2.75, 3.05) is 0 Å². The molecule has 0 radical (unpaired) electrons. The van der Waals surface area contributed by atoms with E-state index in [0.29, 0.717) is 5.56 Å². The summed E-state index contributed by atoms with van der Waals surface area (Å²) in [5.41, 5.74) is 6.01. The van der Waals surface area contributed by atoms with Crippen LogP contribution in [-0.4, -0.2) is 19.4 Å². The topological polar surface area (TPSA) is 72.2 Å². The molecule has 0 bridgehead atoms. The molecule has 1 saturated carbocycles. The lowest BCUT2D eigenvalue weighted by molar-refractivity contribution is 0.510. The number of thiocarbonyl (C=S) groups is 1. The number of hydrogen-bond donors (Lipinski definition) is 2. The molecule has 110 valence electrons. The molecule has 6 heteroatoms. The minimum atomic E-state index is -3.57. The first-order valence-corrected chi connectivity index (χ1v) is 8.81. The lowest BCUT2D eigenvalue weighted by Crippen LogP contribution is -2.35. The predicted molar refractivity (Wildman–Crippen MR) is 84.1 cm³/mol. The molecular weight excluding hydrogens is 292 g/mol. The summed E-state index contributed by atoms with van der Waals surface area (Å²) in [7, 11) is -3.57. The molecule has 0 heterocycles. The maximum atomic E-state index is 12.5. The van der Waals surface area contributed by atoms with Crippen LogP contribution >= 0.6 is 12.2 Å². The van der Waals surface area contributed by atoms with Gasteiger partial charge in [0.2, 0.25) is 10.0 Å². The summed E-state index contributed by atoms with van der Waals surface area (Å²) in [5.74, 6) is 0. The lowest BCUT2D eigenvalue weighted by atomic mass is 10.1. The van der Waals surface area contributed by atoms with Crippen LogP contribution in [0.1, 0.15) is 44.1 Å². The zero-order valence-electron chi connectivity index (χ0n) is 11.3. The Balaban J connectivity index is 2.24. The van der Waals surface area contributed by atoms with Crippen LogP contribution in [0, 0.1) is 0 Å². The van der Waals surface area contributed by atoms with Gasteiger partial charge in [-0.2, -0.15) is 0 Å². The van der Waals surface area contributed by atoms with Crippen LogP contribution in [0.2, 0.25) is 0 Å². The van der Waals surface area contributed by atoms with E-state index >= 15 is 0 Å². The normalized spacial score (nSPS) is 17.6. The zero-order chi connectivity index (χ0) is 14.6. The highest BCUT2D eigenvalue weighted by Gasteiger charge is 2.23. The fourth-order valence-electron chi connectivity index (χ4n) is 2.58. The highest BCUT2D eigenvalue weighted by Crippen LogP contribution is 2.21. The van der Waals surface area contributed by atoms with Crippen molar-refractivity contribution in [3.63, 3.8) is 0 Å². The molecule has 0 saturated heterocycles. The standard InChI is InChI=1S/C14H20N2O2S2/c15-14(19)12-9-5-6-10-13(12)20(17,18)16-11-7-3-1-2-4-8-11/h5-6,9-11,16H,1-4,7-8H2,(H2,15,19). The SMILES string of the molecule is NC(=S)c1ccccc1S(=O)(=O)NC1CCCCCC1. The summed E-state index contributed by atoms with van der Waals surface area (Å²) in [4.78, 5) is 0.281. The molecule has 20 heavy (non-hydrogen) atoms. The Hall–Kier alpha value is -0.980. The van der Waals surface area contributed by atoms with Gasteiger partial charge in [0.05, 0.1) is 4.90 Å². The molecule has 0 spiro atoms. The molecule has 0 aromatic heterocycles. The molecule has 1 aromatic carbocycles. The summed E-state index contributed by atoms with van der Waals surface area (Å²) in [6, 6.07) is 6.63. The van der Waals surface area contributed by atoms with Crippen molar-refractivity contribution in [3.05, 3.63) is 29.8 Å². The third-order valence-corrected chi connectivity index (χ3v) is 5.42. The number of benzene rings is 1. The first-order chi connectivity index (χ1) is 9.50. The largest absolute Gasteiger partial charge is 0.389 e. The van der Waals surface area contributed by atoms with Crippen LogP contribution in [0.4, 0.5) is 0 Å². The van der Waals surface area contributed by atoms with Crippen LogP contribution in [0.3, 0.4) is 0 Å². The van der Waals surface area contributed by atoms with E-state index in [2.05, 4.69) is 4.72 Å². The second-order valence-electron chi connectivity index (χ2n) is 5.17. The van der Waals surface area contributed by atoms with E-state index in [1.54, 1.807) is 24.3 Å². The Kier molecular flexibility index (Phi) is 5.12. The van der Waals surface area contributed by atoms with E-state index in [1.807, 2.05) is 0 Å². The number of nitrogens with two attached hydrogens (primary N) is 1. The molecule has 0 aliphatic heterocycles. The molecule has 0 atom stereocenters. The molecule has 3 N–H and O–H groups in total. The quantitative estimate of drug-likeness (QED) is 0.661. The van der Waals surface area contributed by atoms with Crippen LogP contribution in [-0.2, 0) is 10.0 Å². The average molecular weight is 312 g/mol. The summed E-state index contributed by atoms with van der Waals surface area (Å²) in [6.07, 6.45) is 6.31. The Bertz CT molecular complexity index is 577. The van der Waals surface area contributed by atoms with Gasteiger partial charge >= 0.3 is 0 Å². The molecule has 1 aromatic rings. The van der Waals surface area contributed by atoms with Gasteiger partial charge in [-0.25, -0.2) is 13.1 Å². The smallest absolute Gasteiger partial charge is 0.241 e. The van der Waals surface area contributed by atoms with E-state index in [9.17, 15) is 8.42 Å². The third kappa shape index (κ3) is 3.77. The fourth-order valence-corrected chi connectivity index (χ4v) is 4.35. The number of rotatable bonds is 4. The third-order valence-electron chi connectivity index (χ3n) is 3.62. The highest BCUT2D eigenvalue weighted by atomic mass is 32.2. The van der Waals surface area contributed by atoms with Gasteiger partial charge in [-0.15, -0.1) is 0 Å². The first kappa shape index (κ1) is 15.4. The van der Waals surface area contributed by atoms with Crippen LogP contribution in [0.5, 0.6) is 0 Å². The van der Waals surface area contributed by atoms with Crippen molar-refractivity contribution in [1.29, 1.82) is 0 Å². The van der Waals surface area contributed by atoms with Crippen LogP contribution < -0.4 is 10.5 Å². The molecule has 0 unspecified atom stereocenters. The fraction of sp³-hybridized carbons (Fsp3) is 0.500. The summed E-state index contributed by atoms with van der Waals surface area (Å²) in [6.45, 7) is 0. The average Bonchev–Trinajstić information content (AvgIpc) is 2.67. The predicted octanol–water partition coefficient (Wildman–Crippen LogP) is 2.32. The minimum absolute atomic E-state index is 0.0157. The summed E-state index contributed by atoms with van der Waals surface area (Å²) < 4.78 is 27.8. The van der Waals surface area contributed by atoms with Crippen molar-refractivity contribution in [1.82, 2.24) is 4.72 Å². The van der Waals surface area contributed by atoms with Gasteiger partial charge in [0.1, 0.15) is 4.99 Å². The van der Waals surface area contributed by atoms with Gasteiger partial charge < -0.3 is 5.73 Å². The van der Waals surface area contributed by atoms with E-state index in [0.717, 1.165) is 25.7 Å². The maximum absolute atomic E-state index is 12.5. The van der Waals surface area contributed by atoms with E-state index in [-0.39, 0.29) is 15.9 Å². The molecular formula is C14H20N2O2S2. The van der Waals surface area contributed by atoms with Gasteiger partial charge in [-0.05, 0) is 18.9 Å². The van der Waals surface area contributed by atoms with E-state index < -0.39 is 10.0 Å². The Labute approximate surface area is 125 Å². The summed E-state index contributed by atoms with van der Waals surface area (Å²) in [5, 5.41) is 0. The number of sulfonamides is 1. The monoisotopic (exact) mass is 312 g/mol. The second kappa shape index (κ2) is 6.65. The van der Waals surface area contributed by atoms with Gasteiger partial charge in [0.15, 0.2) is 0 Å².